The Hall–Kier alpha value is -0.950. The molecular weight excluding hydrogens is 302 g/mol. The number of rotatable bonds is 8. The molecule has 0 amide bonds. The van der Waals surface area contributed by atoms with Crippen molar-refractivity contribution in [1.29, 1.82) is 0 Å². The molecule has 1 aromatic rings. The molecule has 0 unspecified atom stereocenters. The highest BCUT2D eigenvalue weighted by Crippen LogP contribution is 2.18. The van der Waals surface area contributed by atoms with Gasteiger partial charge in [0.1, 0.15) is 0 Å². The number of carbonyl (C=O) groups is 1. The summed E-state index contributed by atoms with van der Waals surface area (Å²) >= 11 is 3.34. The van der Waals surface area contributed by atoms with Crippen LogP contribution in [0.25, 0.3) is 0 Å². The highest BCUT2D eigenvalue weighted by Gasteiger charge is 2.06. The van der Waals surface area contributed by atoms with Gasteiger partial charge in [-0.25, -0.2) is 4.79 Å². The number of carboxylic acids is 1. The predicted molar refractivity (Wildman–Crippen MR) is 70.7 cm³/mol. The van der Waals surface area contributed by atoms with Crippen LogP contribution in [0.2, 0.25) is 0 Å². The van der Waals surface area contributed by atoms with E-state index in [4.69, 9.17) is 14.9 Å². The molecule has 0 bridgehead atoms. The summed E-state index contributed by atoms with van der Waals surface area (Å²) in [4.78, 5) is 10.8. The third kappa shape index (κ3) is 5.14. The van der Waals surface area contributed by atoms with Crippen LogP contribution >= 0.6 is 15.9 Å². The van der Waals surface area contributed by atoms with Gasteiger partial charge < -0.3 is 20.3 Å². The van der Waals surface area contributed by atoms with Crippen LogP contribution in [0.4, 0.5) is 0 Å². The Morgan fingerprint density at radius 3 is 2.78 bits per heavy atom. The highest BCUT2D eigenvalue weighted by atomic mass is 79.9. The van der Waals surface area contributed by atoms with Gasteiger partial charge in [0, 0.05) is 17.6 Å². The molecule has 1 rings (SSSR count). The number of nitrogens with one attached hydrogen (secondary N) is 1. The van der Waals surface area contributed by atoms with Gasteiger partial charge in [-0.05, 0) is 17.7 Å². The molecule has 0 saturated heterocycles. The van der Waals surface area contributed by atoms with E-state index >= 15 is 0 Å². The van der Waals surface area contributed by atoms with Crippen molar-refractivity contribution >= 4 is 21.9 Å². The number of aliphatic hydroxyl groups excluding tert-OH is 1. The molecule has 0 aliphatic heterocycles. The molecule has 100 valence electrons. The Morgan fingerprint density at radius 1 is 1.39 bits per heavy atom. The molecule has 0 fully saturated rings. The first-order valence-electron chi connectivity index (χ1n) is 5.56. The number of hydrogen-bond acceptors (Lipinski definition) is 4. The van der Waals surface area contributed by atoms with Gasteiger partial charge in [-0.15, -0.1) is 0 Å². The average Bonchev–Trinajstić information content (AvgIpc) is 2.35. The molecule has 0 heterocycles. The molecule has 3 N–H and O–H groups in total. The van der Waals surface area contributed by atoms with E-state index < -0.39 is 5.97 Å². The van der Waals surface area contributed by atoms with Crippen LogP contribution in [0.15, 0.2) is 22.7 Å². The lowest BCUT2D eigenvalue weighted by Crippen LogP contribution is -2.20. The number of carboxylic acid groups (broad SMARTS) is 1. The summed E-state index contributed by atoms with van der Waals surface area (Å²) in [5, 5.41) is 20.5. The zero-order chi connectivity index (χ0) is 13.4. The predicted octanol–water partition coefficient (Wildman–Crippen LogP) is 1.25. The van der Waals surface area contributed by atoms with Gasteiger partial charge in [0.2, 0.25) is 0 Å². The summed E-state index contributed by atoms with van der Waals surface area (Å²) in [6.07, 6.45) is 0. The molecule has 0 aliphatic rings. The van der Waals surface area contributed by atoms with E-state index in [0.717, 1.165) is 10.0 Å². The van der Waals surface area contributed by atoms with Gasteiger partial charge in [-0.2, -0.15) is 0 Å². The number of benzene rings is 1. The van der Waals surface area contributed by atoms with Crippen LogP contribution in [0.5, 0.6) is 0 Å². The lowest BCUT2D eigenvalue weighted by Gasteiger charge is -2.08. The highest BCUT2D eigenvalue weighted by molar-refractivity contribution is 9.10. The van der Waals surface area contributed by atoms with Gasteiger partial charge in [-0.3, -0.25) is 0 Å². The third-order valence-electron chi connectivity index (χ3n) is 2.27. The largest absolute Gasteiger partial charge is 0.478 e. The second-order valence-electron chi connectivity index (χ2n) is 3.62. The first kappa shape index (κ1) is 15.1. The molecule has 0 atom stereocenters. The molecule has 5 nitrogen and oxygen atoms in total. The fourth-order valence-electron chi connectivity index (χ4n) is 1.36. The van der Waals surface area contributed by atoms with Crippen molar-refractivity contribution in [3.63, 3.8) is 0 Å². The first-order valence-corrected chi connectivity index (χ1v) is 6.35. The second-order valence-corrected chi connectivity index (χ2v) is 4.48. The maximum absolute atomic E-state index is 10.8. The van der Waals surface area contributed by atoms with Crippen LogP contribution in [0, 0.1) is 0 Å². The molecule has 0 aliphatic carbocycles. The summed E-state index contributed by atoms with van der Waals surface area (Å²) in [6, 6.07) is 4.93. The number of aliphatic hydroxyl groups is 1. The summed E-state index contributed by atoms with van der Waals surface area (Å²) in [7, 11) is 0. The van der Waals surface area contributed by atoms with Crippen molar-refractivity contribution in [2.24, 2.45) is 0 Å². The molecule has 0 spiro atoms. The van der Waals surface area contributed by atoms with Gasteiger partial charge in [0.15, 0.2) is 0 Å². The molecule has 18 heavy (non-hydrogen) atoms. The Labute approximate surface area is 114 Å². The zero-order valence-corrected chi connectivity index (χ0v) is 11.4. The summed E-state index contributed by atoms with van der Waals surface area (Å²) in [5.41, 5.74) is 1.25. The van der Waals surface area contributed by atoms with Crippen molar-refractivity contribution < 1.29 is 19.7 Å². The molecule has 1 aromatic carbocycles. The van der Waals surface area contributed by atoms with Crippen LogP contribution < -0.4 is 5.32 Å². The lowest BCUT2D eigenvalue weighted by atomic mass is 10.1. The lowest BCUT2D eigenvalue weighted by molar-refractivity contribution is 0.0697. The Kier molecular flexibility index (Phi) is 6.89. The molecule has 6 heteroatoms. The van der Waals surface area contributed by atoms with Gasteiger partial charge in [0.25, 0.3) is 0 Å². The third-order valence-corrected chi connectivity index (χ3v) is 3.01. The Morgan fingerprint density at radius 2 is 2.17 bits per heavy atom. The van der Waals surface area contributed by atoms with E-state index in [1.807, 2.05) is 0 Å². The maximum Gasteiger partial charge on any atom is 0.335 e. The summed E-state index contributed by atoms with van der Waals surface area (Å²) in [6.45, 7) is 2.21. The van der Waals surface area contributed by atoms with Crippen molar-refractivity contribution in [2.75, 3.05) is 26.4 Å². The second kappa shape index (κ2) is 8.20. The monoisotopic (exact) mass is 317 g/mol. The zero-order valence-electron chi connectivity index (χ0n) is 9.86. The molecular formula is C12H16BrNO4. The minimum Gasteiger partial charge on any atom is -0.478 e. The SMILES string of the molecule is O=C(O)c1ccc(CNCCOCCO)c(Br)c1. The van der Waals surface area contributed by atoms with Crippen molar-refractivity contribution in [1.82, 2.24) is 5.32 Å². The molecule has 0 aromatic heterocycles. The average molecular weight is 318 g/mol. The smallest absolute Gasteiger partial charge is 0.335 e. The number of aromatic carboxylic acids is 1. The van der Waals surface area contributed by atoms with E-state index in [9.17, 15) is 4.79 Å². The van der Waals surface area contributed by atoms with Crippen LogP contribution in [0.1, 0.15) is 15.9 Å². The normalized spacial score (nSPS) is 10.6. The van der Waals surface area contributed by atoms with Crippen molar-refractivity contribution in [2.45, 2.75) is 6.54 Å². The summed E-state index contributed by atoms with van der Waals surface area (Å²) in [5.74, 6) is -0.937. The van der Waals surface area contributed by atoms with E-state index in [0.29, 0.717) is 26.3 Å². The number of hydrogen-bond donors (Lipinski definition) is 3. The number of halogens is 1. The van der Waals surface area contributed by atoms with E-state index in [1.165, 1.54) is 0 Å². The van der Waals surface area contributed by atoms with E-state index in [2.05, 4.69) is 21.2 Å². The molecule has 0 saturated carbocycles. The first-order chi connectivity index (χ1) is 8.65. The van der Waals surface area contributed by atoms with Crippen LogP contribution in [0.3, 0.4) is 0 Å². The van der Waals surface area contributed by atoms with Crippen molar-refractivity contribution in [3.8, 4) is 0 Å². The van der Waals surface area contributed by atoms with Gasteiger partial charge >= 0.3 is 5.97 Å². The van der Waals surface area contributed by atoms with E-state index in [-0.39, 0.29) is 12.2 Å². The van der Waals surface area contributed by atoms with Gasteiger partial charge in [-0.1, -0.05) is 22.0 Å². The number of ether oxygens (including phenoxy) is 1. The van der Waals surface area contributed by atoms with Gasteiger partial charge in [0.05, 0.1) is 25.4 Å². The Balaban J connectivity index is 2.36. The van der Waals surface area contributed by atoms with Crippen molar-refractivity contribution in [3.05, 3.63) is 33.8 Å². The quantitative estimate of drug-likeness (QED) is 0.629. The minimum atomic E-state index is -0.937. The fraction of sp³-hybridized carbons (Fsp3) is 0.417. The summed E-state index contributed by atoms with van der Waals surface area (Å²) < 4.78 is 5.87. The fourth-order valence-corrected chi connectivity index (χ4v) is 1.88. The van der Waals surface area contributed by atoms with E-state index in [1.54, 1.807) is 18.2 Å². The Bertz CT molecular complexity index is 398. The maximum atomic E-state index is 10.8. The molecule has 0 radical (unpaired) electrons. The minimum absolute atomic E-state index is 0.0300. The standard InChI is InChI=1S/C12H16BrNO4/c13-11-7-9(12(16)17)1-2-10(11)8-14-3-5-18-6-4-15/h1-2,7,14-15H,3-6,8H2,(H,16,17). The topological polar surface area (TPSA) is 78.8 Å². The van der Waals surface area contributed by atoms with Crippen LogP contribution in [-0.2, 0) is 11.3 Å². The van der Waals surface area contributed by atoms with Crippen LogP contribution in [-0.4, -0.2) is 42.5 Å².